The number of aliphatic carboxylic acids is 1. The van der Waals surface area contributed by atoms with Gasteiger partial charge in [-0.1, -0.05) is 6.92 Å². The maximum atomic E-state index is 11.6. The zero-order chi connectivity index (χ0) is 12.9. The van der Waals surface area contributed by atoms with Gasteiger partial charge in [-0.05, 0) is 19.3 Å². The maximum absolute atomic E-state index is 11.6. The van der Waals surface area contributed by atoms with Crippen molar-refractivity contribution in [1.29, 1.82) is 0 Å². The summed E-state index contributed by atoms with van der Waals surface area (Å²) in [5, 5.41) is 8.75. The van der Waals surface area contributed by atoms with E-state index in [-0.39, 0.29) is 16.4 Å². The van der Waals surface area contributed by atoms with Crippen molar-refractivity contribution < 1.29 is 14.7 Å². The maximum Gasteiger partial charge on any atom is 0.326 e. The first kappa shape index (κ1) is 15.6. The van der Waals surface area contributed by atoms with E-state index in [0.29, 0.717) is 12.8 Å². The molecule has 2 atom stereocenters. The molecule has 94 valence electrons. The van der Waals surface area contributed by atoms with Gasteiger partial charge in [0.05, 0.1) is 0 Å². The molecule has 1 amide bonds. The summed E-state index contributed by atoms with van der Waals surface area (Å²) in [6, 6.07) is -0.786. The van der Waals surface area contributed by atoms with Crippen molar-refractivity contribution in [3.8, 4) is 0 Å². The highest BCUT2D eigenvalue weighted by molar-refractivity contribution is 7.99. The van der Waals surface area contributed by atoms with Gasteiger partial charge in [0.25, 0.3) is 0 Å². The minimum absolute atomic E-state index is 0.0602. The SMILES string of the molecule is C[C@H](C(=O)O)N(C)C(=O)CC[C@H](C)C(S)S. The minimum Gasteiger partial charge on any atom is -0.480 e. The highest BCUT2D eigenvalue weighted by Crippen LogP contribution is 2.19. The topological polar surface area (TPSA) is 57.6 Å². The van der Waals surface area contributed by atoms with E-state index in [0.717, 1.165) is 0 Å². The molecule has 0 saturated carbocycles. The predicted molar refractivity (Wildman–Crippen MR) is 70.0 cm³/mol. The molecule has 6 heteroatoms. The lowest BCUT2D eigenvalue weighted by molar-refractivity contribution is -0.148. The highest BCUT2D eigenvalue weighted by Gasteiger charge is 2.22. The van der Waals surface area contributed by atoms with Gasteiger partial charge >= 0.3 is 5.97 Å². The fraction of sp³-hybridized carbons (Fsp3) is 0.800. The van der Waals surface area contributed by atoms with Gasteiger partial charge < -0.3 is 10.0 Å². The third kappa shape index (κ3) is 5.12. The first-order chi connectivity index (χ1) is 7.27. The zero-order valence-corrected chi connectivity index (χ0v) is 11.5. The summed E-state index contributed by atoms with van der Waals surface area (Å²) in [7, 11) is 1.50. The van der Waals surface area contributed by atoms with Gasteiger partial charge in [0, 0.05) is 18.1 Å². The summed E-state index contributed by atoms with van der Waals surface area (Å²) in [6.07, 6.45) is 0.986. The van der Waals surface area contributed by atoms with Gasteiger partial charge in [0.2, 0.25) is 5.91 Å². The van der Waals surface area contributed by atoms with Crippen LogP contribution in [0.1, 0.15) is 26.7 Å². The molecule has 0 aliphatic carbocycles. The molecule has 1 N–H and O–H groups in total. The molecule has 4 nitrogen and oxygen atoms in total. The fourth-order valence-electron chi connectivity index (χ4n) is 1.06. The van der Waals surface area contributed by atoms with Crippen LogP contribution < -0.4 is 0 Å². The van der Waals surface area contributed by atoms with Gasteiger partial charge in [-0.3, -0.25) is 4.79 Å². The number of carboxylic acid groups (broad SMARTS) is 1. The Bertz CT molecular complexity index is 258. The van der Waals surface area contributed by atoms with Gasteiger partial charge in [0.1, 0.15) is 6.04 Å². The number of nitrogens with zero attached hydrogens (tertiary/aromatic N) is 1. The molecule has 0 saturated heterocycles. The summed E-state index contributed by atoms with van der Waals surface area (Å²) in [4.78, 5) is 23.6. The quantitative estimate of drug-likeness (QED) is 0.504. The number of carbonyl (C=O) groups excluding carboxylic acids is 1. The Kier molecular flexibility index (Phi) is 6.90. The average molecular weight is 265 g/mol. The second-order valence-corrected chi connectivity index (χ2v) is 5.47. The van der Waals surface area contributed by atoms with Crippen molar-refractivity contribution in [3.63, 3.8) is 0 Å². The lowest BCUT2D eigenvalue weighted by Crippen LogP contribution is -2.40. The molecular weight excluding hydrogens is 246 g/mol. The van der Waals surface area contributed by atoms with E-state index in [2.05, 4.69) is 25.3 Å². The van der Waals surface area contributed by atoms with Crippen molar-refractivity contribution in [2.24, 2.45) is 5.92 Å². The number of hydrogen-bond acceptors (Lipinski definition) is 4. The Balaban J connectivity index is 4.12. The Morgan fingerprint density at radius 1 is 1.31 bits per heavy atom. The summed E-state index contributed by atoms with van der Waals surface area (Å²) in [6.45, 7) is 3.45. The molecule has 0 heterocycles. The first-order valence-electron chi connectivity index (χ1n) is 5.12. The monoisotopic (exact) mass is 265 g/mol. The van der Waals surface area contributed by atoms with Crippen molar-refractivity contribution in [1.82, 2.24) is 4.90 Å². The number of rotatable bonds is 6. The smallest absolute Gasteiger partial charge is 0.326 e. The number of amides is 1. The molecular formula is C10H19NO3S2. The number of likely N-dealkylation sites (N-methyl/N-ethyl adjacent to an activating group) is 1. The molecule has 0 aromatic rings. The normalized spacial score (nSPS) is 14.6. The molecule has 0 fully saturated rings. The lowest BCUT2D eigenvalue weighted by atomic mass is 10.1. The van der Waals surface area contributed by atoms with Crippen LogP contribution in [0, 0.1) is 5.92 Å². The summed E-state index contributed by atoms with van der Waals surface area (Å²) >= 11 is 8.33. The predicted octanol–water partition coefficient (Wildman–Crippen LogP) is 1.52. The molecule has 0 aromatic carbocycles. The van der Waals surface area contributed by atoms with Crippen LogP contribution in [0.2, 0.25) is 0 Å². The van der Waals surface area contributed by atoms with Gasteiger partial charge in [-0.25, -0.2) is 4.79 Å². The number of thiol groups is 2. The van der Waals surface area contributed by atoms with E-state index in [9.17, 15) is 9.59 Å². The van der Waals surface area contributed by atoms with Crippen LogP contribution in [0.4, 0.5) is 0 Å². The minimum atomic E-state index is -0.995. The molecule has 0 aromatic heterocycles. The number of carbonyl (C=O) groups is 2. The Labute approximate surface area is 107 Å². The molecule has 0 unspecified atom stereocenters. The molecule has 0 bridgehead atoms. The van der Waals surface area contributed by atoms with E-state index < -0.39 is 12.0 Å². The van der Waals surface area contributed by atoms with Crippen molar-refractivity contribution >= 4 is 37.1 Å². The van der Waals surface area contributed by atoms with Crippen LogP contribution in [0.3, 0.4) is 0 Å². The third-order valence-electron chi connectivity index (χ3n) is 2.65. The molecule has 0 rings (SSSR count). The Morgan fingerprint density at radius 2 is 1.81 bits per heavy atom. The summed E-state index contributed by atoms with van der Waals surface area (Å²) < 4.78 is -0.0602. The van der Waals surface area contributed by atoms with Crippen molar-refractivity contribution in [2.45, 2.75) is 37.3 Å². The molecule has 0 radical (unpaired) electrons. The second kappa shape index (κ2) is 7.06. The van der Waals surface area contributed by atoms with E-state index in [1.807, 2.05) is 6.92 Å². The summed E-state index contributed by atoms with van der Waals surface area (Å²) in [5.74, 6) is -0.946. The average Bonchev–Trinajstić information content (AvgIpc) is 2.22. The van der Waals surface area contributed by atoms with Crippen LogP contribution in [0.5, 0.6) is 0 Å². The first-order valence-corrected chi connectivity index (χ1v) is 6.15. The standard InChI is InChI=1S/C10H19NO3S2/c1-6(10(15)16)4-5-8(12)11(3)7(2)9(13)14/h6-7,10,15-16H,4-5H2,1-3H3,(H,13,14)/t6-,7+/m0/s1. The van der Waals surface area contributed by atoms with Crippen LogP contribution in [-0.2, 0) is 9.59 Å². The summed E-state index contributed by atoms with van der Waals surface area (Å²) in [5.41, 5.74) is 0. The largest absolute Gasteiger partial charge is 0.480 e. The lowest BCUT2D eigenvalue weighted by Gasteiger charge is -2.22. The van der Waals surface area contributed by atoms with Crippen molar-refractivity contribution in [3.05, 3.63) is 0 Å². The van der Waals surface area contributed by atoms with Gasteiger partial charge in [0.15, 0.2) is 0 Å². The van der Waals surface area contributed by atoms with Crippen LogP contribution in [0.15, 0.2) is 0 Å². The third-order valence-corrected chi connectivity index (χ3v) is 3.67. The zero-order valence-electron chi connectivity index (χ0n) is 9.75. The van der Waals surface area contributed by atoms with E-state index in [4.69, 9.17) is 5.11 Å². The van der Waals surface area contributed by atoms with Gasteiger partial charge in [-0.15, -0.1) is 0 Å². The van der Waals surface area contributed by atoms with E-state index in [1.54, 1.807) is 0 Å². The number of carboxylic acids is 1. The van der Waals surface area contributed by atoms with Crippen LogP contribution in [0.25, 0.3) is 0 Å². The van der Waals surface area contributed by atoms with E-state index >= 15 is 0 Å². The number of hydrogen-bond donors (Lipinski definition) is 3. The van der Waals surface area contributed by atoms with Gasteiger partial charge in [-0.2, -0.15) is 25.3 Å². The molecule has 0 aliphatic heterocycles. The molecule has 16 heavy (non-hydrogen) atoms. The van der Waals surface area contributed by atoms with Crippen molar-refractivity contribution in [2.75, 3.05) is 7.05 Å². The fourth-order valence-corrected chi connectivity index (χ4v) is 1.36. The Hall–Kier alpha value is -0.360. The van der Waals surface area contributed by atoms with Crippen LogP contribution >= 0.6 is 25.3 Å². The second-order valence-electron chi connectivity index (χ2n) is 3.95. The molecule has 0 spiro atoms. The molecule has 0 aliphatic rings. The Morgan fingerprint density at radius 3 is 2.19 bits per heavy atom. The van der Waals surface area contributed by atoms with E-state index in [1.165, 1.54) is 18.9 Å². The van der Waals surface area contributed by atoms with Crippen LogP contribution in [-0.4, -0.2) is 39.6 Å². The highest BCUT2D eigenvalue weighted by atomic mass is 32.2.